The van der Waals surface area contributed by atoms with Crippen molar-refractivity contribution in [2.45, 2.75) is 33.8 Å². The summed E-state index contributed by atoms with van der Waals surface area (Å²) in [5.74, 6) is 2.24. The molecule has 0 amide bonds. The lowest BCUT2D eigenvalue weighted by molar-refractivity contribution is 0.290. The summed E-state index contributed by atoms with van der Waals surface area (Å²) in [4.78, 5) is 8.81. The summed E-state index contributed by atoms with van der Waals surface area (Å²) in [5.41, 5.74) is 2.09. The van der Waals surface area contributed by atoms with Crippen LogP contribution in [0.15, 0.2) is 30.3 Å². The van der Waals surface area contributed by atoms with E-state index in [1.54, 1.807) is 0 Å². The van der Waals surface area contributed by atoms with Crippen LogP contribution in [-0.2, 0) is 6.61 Å². The molecule has 2 aromatic rings. The number of hydrogen-bond donors (Lipinski definition) is 1. The number of aromatic nitrogens is 2. The van der Waals surface area contributed by atoms with E-state index in [1.807, 2.05) is 44.2 Å². The zero-order chi connectivity index (χ0) is 14.4. The summed E-state index contributed by atoms with van der Waals surface area (Å²) in [6.45, 7) is 7.41. The predicted molar refractivity (Wildman–Crippen MR) is 81.1 cm³/mol. The normalized spacial score (nSPS) is 10.3. The third-order valence-corrected chi connectivity index (χ3v) is 2.97. The molecule has 1 heterocycles. The van der Waals surface area contributed by atoms with Gasteiger partial charge in [0, 0.05) is 6.54 Å². The molecule has 1 N–H and O–H groups in total. The monoisotopic (exact) mass is 271 g/mol. The van der Waals surface area contributed by atoms with Gasteiger partial charge in [-0.2, -0.15) is 4.98 Å². The largest absolute Gasteiger partial charge is 0.472 e. The van der Waals surface area contributed by atoms with Crippen LogP contribution in [0.4, 0.5) is 5.82 Å². The zero-order valence-electron chi connectivity index (χ0n) is 12.3. The molecule has 1 aromatic carbocycles. The molecule has 4 nitrogen and oxygen atoms in total. The number of nitrogens with one attached hydrogen (secondary N) is 1. The predicted octanol–water partition coefficient (Wildman–Crippen LogP) is 3.49. The smallest absolute Gasteiger partial charge is 0.222 e. The van der Waals surface area contributed by atoms with Gasteiger partial charge in [0.05, 0.1) is 5.56 Å². The highest BCUT2D eigenvalue weighted by atomic mass is 16.5. The second kappa shape index (κ2) is 6.89. The molecule has 0 saturated heterocycles. The van der Waals surface area contributed by atoms with Crippen LogP contribution in [0.5, 0.6) is 5.88 Å². The minimum absolute atomic E-state index is 0.519. The lowest BCUT2D eigenvalue weighted by Crippen LogP contribution is -2.08. The highest BCUT2D eigenvalue weighted by Crippen LogP contribution is 2.22. The molecule has 1 aromatic heterocycles. The molecule has 2 rings (SSSR count). The highest BCUT2D eigenvalue weighted by molar-refractivity contribution is 5.48. The van der Waals surface area contributed by atoms with Gasteiger partial charge in [0.15, 0.2) is 0 Å². The van der Waals surface area contributed by atoms with Gasteiger partial charge in [-0.3, -0.25) is 0 Å². The van der Waals surface area contributed by atoms with Gasteiger partial charge in [-0.15, -0.1) is 0 Å². The summed E-state index contributed by atoms with van der Waals surface area (Å²) in [6, 6.07) is 10.1. The van der Waals surface area contributed by atoms with Gasteiger partial charge < -0.3 is 10.1 Å². The van der Waals surface area contributed by atoms with Crippen molar-refractivity contribution in [1.29, 1.82) is 0 Å². The van der Waals surface area contributed by atoms with Crippen molar-refractivity contribution in [3.63, 3.8) is 0 Å². The second-order valence-corrected chi connectivity index (χ2v) is 4.75. The Morgan fingerprint density at radius 1 is 1.10 bits per heavy atom. The van der Waals surface area contributed by atoms with E-state index in [1.165, 1.54) is 0 Å². The molecule has 20 heavy (non-hydrogen) atoms. The van der Waals surface area contributed by atoms with Crippen molar-refractivity contribution in [3.8, 4) is 5.88 Å². The Bertz CT molecular complexity index is 555. The Kier molecular flexibility index (Phi) is 4.93. The SMILES string of the molecule is CCCNc1nc(C)nc(OCc2ccccc2)c1C. The minimum atomic E-state index is 0.519. The molecule has 0 saturated carbocycles. The molecule has 0 radical (unpaired) electrons. The number of anilines is 1. The Morgan fingerprint density at radius 3 is 2.55 bits per heavy atom. The van der Waals surface area contributed by atoms with Crippen LogP contribution >= 0.6 is 0 Å². The quantitative estimate of drug-likeness (QED) is 0.873. The lowest BCUT2D eigenvalue weighted by Gasteiger charge is -2.13. The van der Waals surface area contributed by atoms with Crippen LogP contribution < -0.4 is 10.1 Å². The number of nitrogens with zero attached hydrogens (tertiary/aromatic N) is 2. The Labute approximate surface area is 120 Å². The second-order valence-electron chi connectivity index (χ2n) is 4.75. The molecule has 0 spiro atoms. The molecular formula is C16H21N3O. The van der Waals surface area contributed by atoms with Crippen molar-refractivity contribution in [3.05, 3.63) is 47.3 Å². The van der Waals surface area contributed by atoms with E-state index in [0.29, 0.717) is 12.5 Å². The summed E-state index contributed by atoms with van der Waals surface area (Å²) < 4.78 is 5.83. The number of hydrogen-bond acceptors (Lipinski definition) is 4. The van der Waals surface area contributed by atoms with E-state index in [2.05, 4.69) is 22.2 Å². The number of benzene rings is 1. The number of aryl methyl sites for hydroxylation is 1. The van der Waals surface area contributed by atoms with E-state index in [4.69, 9.17) is 4.74 Å². The molecule has 0 bridgehead atoms. The average molecular weight is 271 g/mol. The van der Waals surface area contributed by atoms with Crippen LogP contribution in [0.1, 0.15) is 30.3 Å². The van der Waals surface area contributed by atoms with Gasteiger partial charge in [0.2, 0.25) is 5.88 Å². The topological polar surface area (TPSA) is 47.0 Å². The van der Waals surface area contributed by atoms with E-state index in [0.717, 1.165) is 35.7 Å². The van der Waals surface area contributed by atoms with Crippen molar-refractivity contribution in [2.75, 3.05) is 11.9 Å². The summed E-state index contributed by atoms with van der Waals surface area (Å²) in [5, 5.41) is 3.31. The van der Waals surface area contributed by atoms with Crippen LogP contribution in [0.3, 0.4) is 0 Å². The Hall–Kier alpha value is -2.10. The first-order valence-electron chi connectivity index (χ1n) is 6.96. The van der Waals surface area contributed by atoms with Crippen LogP contribution in [0.25, 0.3) is 0 Å². The third kappa shape index (κ3) is 3.70. The fourth-order valence-electron chi connectivity index (χ4n) is 1.88. The standard InChI is InChI=1S/C16H21N3O/c1-4-10-17-15-12(2)16(19-13(3)18-15)20-11-14-8-6-5-7-9-14/h5-9H,4,10-11H2,1-3H3,(H,17,18,19). The van der Waals surface area contributed by atoms with Crippen molar-refractivity contribution >= 4 is 5.82 Å². The zero-order valence-corrected chi connectivity index (χ0v) is 12.3. The third-order valence-electron chi connectivity index (χ3n) is 2.97. The summed E-state index contributed by atoms with van der Waals surface area (Å²) in [6.07, 6.45) is 1.06. The molecular weight excluding hydrogens is 250 g/mol. The van der Waals surface area contributed by atoms with Crippen LogP contribution in [-0.4, -0.2) is 16.5 Å². The summed E-state index contributed by atoms with van der Waals surface area (Å²) >= 11 is 0. The summed E-state index contributed by atoms with van der Waals surface area (Å²) in [7, 11) is 0. The Morgan fingerprint density at radius 2 is 1.85 bits per heavy atom. The van der Waals surface area contributed by atoms with Gasteiger partial charge in [-0.25, -0.2) is 4.98 Å². The van der Waals surface area contributed by atoms with E-state index in [-0.39, 0.29) is 0 Å². The molecule has 0 aliphatic heterocycles. The maximum absolute atomic E-state index is 5.83. The molecule has 0 aliphatic carbocycles. The highest BCUT2D eigenvalue weighted by Gasteiger charge is 2.10. The molecule has 0 aliphatic rings. The first kappa shape index (κ1) is 14.3. The van der Waals surface area contributed by atoms with Gasteiger partial charge in [0.25, 0.3) is 0 Å². The van der Waals surface area contributed by atoms with Crippen molar-refractivity contribution in [2.24, 2.45) is 0 Å². The minimum Gasteiger partial charge on any atom is -0.472 e. The Balaban J connectivity index is 2.12. The molecule has 4 heteroatoms. The maximum Gasteiger partial charge on any atom is 0.222 e. The van der Waals surface area contributed by atoms with E-state index >= 15 is 0 Å². The fraction of sp³-hybridized carbons (Fsp3) is 0.375. The lowest BCUT2D eigenvalue weighted by atomic mass is 10.2. The number of rotatable bonds is 6. The van der Waals surface area contributed by atoms with E-state index < -0.39 is 0 Å². The van der Waals surface area contributed by atoms with Gasteiger partial charge in [0.1, 0.15) is 18.2 Å². The van der Waals surface area contributed by atoms with Gasteiger partial charge in [-0.1, -0.05) is 37.3 Å². The molecule has 106 valence electrons. The molecule has 0 atom stereocenters. The first-order valence-corrected chi connectivity index (χ1v) is 6.96. The molecule has 0 fully saturated rings. The maximum atomic E-state index is 5.83. The molecule has 0 unspecified atom stereocenters. The fourth-order valence-corrected chi connectivity index (χ4v) is 1.88. The van der Waals surface area contributed by atoms with Gasteiger partial charge in [-0.05, 0) is 25.8 Å². The van der Waals surface area contributed by atoms with Gasteiger partial charge >= 0.3 is 0 Å². The first-order chi connectivity index (χ1) is 9.70. The van der Waals surface area contributed by atoms with Crippen LogP contribution in [0, 0.1) is 13.8 Å². The van der Waals surface area contributed by atoms with E-state index in [9.17, 15) is 0 Å². The average Bonchev–Trinajstić information content (AvgIpc) is 2.47. The number of ether oxygens (including phenoxy) is 1. The van der Waals surface area contributed by atoms with Crippen molar-refractivity contribution in [1.82, 2.24) is 9.97 Å². The van der Waals surface area contributed by atoms with Crippen molar-refractivity contribution < 1.29 is 4.74 Å². The van der Waals surface area contributed by atoms with Crippen LogP contribution in [0.2, 0.25) is 0 Å².